The smallest absolute Gasteiger partial charge is 0.256 e. The fourth-order valence-electron chi connectivity index (χ4n) is 3.14. The van der Waals surface area contributed by atoms with E-state index in [1.165, 1.54) is 11.8 Å². The molecule has 1 aliphatic heterocycles. The van der Waals surface area contributed by atoms with Crippen LogP contribution in [-0.4, -0.2) is 42.0 Å². The van der Waals surface area contributed by atoms with Gasteiger partial charge in [-0.25, -0.2) is 15.0 Å². The number of rotatable bonds is 3. The Morgan fingerprint density at radius 2 is 2.25 bits per heavy atom. The third-order valence-corrected chi connectivity index (χ3v) is 4.98. The fourth-order valence-corrected chi connectivity index (χ4v) is 3.53. The lowest BCUT2D eigenvalue weighted by molar-refractivity contribution is 0.237. The van der Waals surface area contributed by atoms with Crippen LogP contribution in [-0.2, 0) is 19.5 Å². The average molecular weight is 342 g/mol. The second-order valence-electron chi connectivity index (χ2n) is 5.89. The Labute approximate surface area is 143 Å². The Kier molecular flexibility index (Phi) is 3.85. The number of nitrogens with zero attached hydrogens (tertiary/aromatic N) is 5. The van der Waals surface area contributed by atoms with E-state index < -0.39 is 0 Å². The highest BCUT2D eigenvalue weighted by Crippen LogP contribution is 2.20. The van der Waals surface area contributed by atoms with Gasteiger partial charge in [-0.15, -0.1) is 0 Å². The monoisotopic (exact) mass is 342 g/mol. The topological polar surface area (TPSA) is 79.2 Å². The Morgan fingerprint density at radius 1 is 1.38 bits per heavy atom. The molecule has 1 aliphatic rings. The van der Waals surface area contributed by atoms with Crippen LogP contribution in [0.15, 0.2) is 28.4 Å². The molecule has 0 bridgehead atoms. The molecule has 8 heteroatoms. The largest absolute Gasteiger partial charge is 0.301 e. The van der Waals surface area contributed by atoms with Crippen molar-refractivity contribution in [1.29, 1.82) is 0 Å². The summed E-state index contributed by atoms with van der Waals surface area (Å²) in [6.07, 6.45) is 6.44. The molecule has 0 saturated heterocycles. The van der Waals surface area contributed by atoms with Crippen LogP contribution in [0.1, 0.15) is 22.6 Å². The molecule has 0 fully saturated rings. The third kappa shape index (κ3) is 2.61. The Hall–Kier alpha value is -2.19. The minimum Gasteiger partial charge on any atom is -0.301 e. The quantitative estimate of drug-likeness (QED) is 0.573. The molecule has 4 heterocycles. The number of H-pyrrole nitrogens is 1. The van der Waals surface area contributed by atoms with Gasteiger partial charge >= 0.3 is 0 Å². The van der Waals surface area contributed by atoms with Crippen molar-refractivity contribution in [3.8, 4) is 0 Å². The first-order valence-electron chi connectivity index (χ1n) is 7.82. The number of aryl methyl sites for hydroxylation is 1. The van der Waals surface area contributed by atoms with Gasteiger partial charge in [-0.1, -0.05) is 11.8 Å². The van der Waals surface area contributed by atoms with Crippen molar-refractivity contribution in [2.75, 3.05) is 12.8 Å². The molecular formula is C16H18N6OS. The zero-order valence-electron chi connectivity index (χ0n) is 13.6. The van der Waals surface area contributed by atoms with Gasteiger partial charge in [0, 0.05) is 38.4 Å². The van der Waals surface area contributed by atoms with Gasteiger partial charge < -0.3 is 4.98 Å². The van der Waals surface area contributed by atoms with Crippen molar-refractivity contribution in [2.24, 2.45) is 0 Å². The maximum atomic E-state index is 12.3. The van der Waals surface area contributed by atoms with E-state index in [1.54, 1.807) is 6.20 Å². The van der Waals surface area contributed by atoms with Crippen molar-refractivity contribution >= 4 is 17.5 Å². The van der Waals surface area contributed by atoms with Crippen LogP contribution in [0.25, 0.3) is 5.78 Å². The SMILES string of the molecule is CSc1nc2c(c(=O)[nH]1)CN(Cc1c(C)nc3ncccn13)CC2. The molecule has 7 nitrogen and oxygen atoms in total. The molecular weight excluding hydrogens is 324 g/mol. The van der Waals surface area contributed by atoms with Crippen molar-refractivity contribution in [3.63, 3.8) is 0 Å². The molecule has 0 aromatic carbocycles. The van der Waals surface area contributed by atoms with Crippen molar-refractivity contribution in [1.82, 2.24) is 29.2 Å². The molecule has 0 saturated carbocycles. The number of hydrogen-bond donors (Lipinski definition) is 1. The summed E-state index contributed by atoms with van der Waals surface area (Å²) in [4.78, 5) is 30.8. The van der Waals surface area contributed by atoms with Crippen LogP contribution in [0.4, 0.5) is 0 Å². The van der Waals surface area contributed by atoms with E-state index in [0.717, 1.165) is 42.2 Å². The van der Waals surface area contributed by atoms with Gasteiger partial charge in [0.15, 0.2) is 5.16 Å². The number of aromatic nitrogens is 5. The molecule has 0 amide bonds. The van der Waals surface area contributed by atoms with Crippen molar-refractivity contribution < 1.29 is 0 Å². The lowest BCUT2D eigenvalue weighted by atomic mass is 10.1. The highest BCUT2D eigenvalue weighted by atomic mass is 32.2. The van der Waals surface area contributed by atoms with Crippen LogP contribution in [0.5, 0.6) is 0 Å². The first-order chi connectivity index (χ1) is 11.7. The molecule has 0 spiro atoms. The van der Waals surface area contributed by atoms with E-state index >= 15 is 0 Å². The highest BCUT2D eigenvalue weighted by molar-refractivity contribution is 7.98. The van der Waals surface area contributed by atoms with Gasteiger partial charge in [0.05, 0.1) is 22.6 Å². The molecule has 0 unspecified atom stereocenters. The third-order valence-electron chi connectivity index (χ3n) is 4.40. The van der Waals surface area contributed by atoms with Gasteiger partial charge in [-0.2, -0.15) is 0 Å². The van der Waals surface area contributed by atoms with Crippen LogP contribution in [0.3, 0.4) is 0 Å². The predicted octanol–water partition coefficient (Wildman–Crippen LogP) is 1.40. The number of nitrogens with one attached hydrogen (secondary N) is 1. The average Bonchev–Trinajstić information content (AvgIpc) is 2.91. The van der Waals surface area contributed by atoms with E-state index in [-0.39, 0.29) is 5.56 Å². The molecule has 24 heavy (non-hydrogen) atoms. The first-order valence-corrected chi connectivity index (χ1v) is 9.05. The maximum absolute atomic E-state index is 12.3. The number of thioether (sulfide) groups is 1. The summed E-state index contributed by atoms with van der Waals surface area (Å²) in [5, 5.41) is 0.691. The summed E-state index contributed by atoms with van der Waals surface area (Å²) in [6.45, 7) is 4.23. The molecule has 0 atom stereocenters. The Bertz CT molecular complexity index is 963. The standard InChI is InChI=1S/C16H18N6OS/c1-10-13(22-6-3-5-17-15(22)18-10)9-21-7-4-12-11(8-21)14(23)20-16(19-12)24-2/h3,5-6H,4,7-9H2,1-2H3,(H,19,20,23). The fraction of sp³-hybridized carbons (Fsp3) is 0.375. The molecule has 3 aromatic rings. The summed E-state index contributed by atoms with van der Waals surface area (Å²) >= 11 is 1.46. The van der Waals surface area contributed by atoms with Gasteiger partial charge in [-0.3, -0.25) is 14.1 Å². The maximum Gasteiger partial charge on any atom is 0.256 e. The van der Waals surface area contributed by atoms with E-state index in [9.17, 15) is 4.79 Å². The molecule has 124 valence electrons. The lowest BCUT2D eigenvalue weighted by Crippen LogP contribution is -2.35. The second-order valence-corrected chi connectivity index (χ2v) is 6.69. The van der Waals surface area contributed by atoms with Crippen LogP contribution in [0, 0.1) is 6.92 Å². The van der Waals surface area contributed by atoms with E-state index in [0.29, 0.717) is 17.5 Å². The van der Waals surface area contributed by atoms with Crippen LogP contribution in [0.2, 0.25) is 0 Å². The minimum absolute atomic E-state index is 0.0226. The summed E-state index contributed by atoms with van der Waals surface area (Å²) in [7, 11) is 0. The molecule has 0 aliphatic carbocycles. The molecule has 0 radical (unpaired) electrons. The van der Waals surface area contributed by atoms with Gasteiger partial charge in [0.1, 0.15) is 0 Å². The molecule has 4 rings (SSSR count). The number of imidazole rings is 1. The molecule has 1 N–H and O–H groups in total. The minimum atomic E-state index is -0.0226. The zero-order chi connectivity index (χ0) is 16.7. The molecule has 3 aromatic heterocycles. The van der Waals surface area contributed by atoms with Gasteiger partial charge in [0.25, 0.3) is 5.56 Å². The first kappa shape index (κ1) is 15.3. The van der Waals surface area contributed by atoms with Gasteiger partial charge in [0.2, 0.25) is 5.78 Å². The van der Waals surface area contributed by atoms with E-state index in [1.807, 2.05) is 29.8 Å². The summed E-state index contributed by atoms with van der Waals surface area (Å²) in [6, 6.07) is 1.90. The highest BCUT2D eigenvalue weighted by Gasteiger charge is 2.23. The van der Waals surface area contributed by atoms with Crippen LogP contribution >= 0.6 is 11.8 Å². The lowest BCUT2D eigenvalue weighted by Gasteiger charge is -2.27. The number of aromatic amines is 1. The summed E-state index contributed by atoms with van der Waals surface area (Å²) in [5.41, 5.74) is 3.78. The van der Waals surface area contributed by atoms with E-state index in [4.69, 9.17) is 0 Å². The van der Waals surface area contributed by atoms with Gasteiger partial charge in [-0.05, 0) is 19.2 Å². The summed E-state index contributed by atoms with van der Waals surface area (Å²) < 4.78 is 2.02. The van der Waals surface area contributed by atoms with Crippen molar-refractivity contribution in [2.45, 2.75) is 31.6 Å². The Morgan fingerprint density at radius 3 is 3.08 bits per heavy atom. The summed E-state index contributed by atoms with van der Waals surface area (Å²) in [5.74, 6) is 0.714. The number of hydrogen-bond acceptors (Lipinski definition) is 6. The van der Waals surface area contributed by atoms with Crippen LogP contribution < -0.4 is 5.56 Å². The normalized spacial score (nSPS) is 14.9. The van der Waals surface area contributed by atoms with Crippen molar-refractivity contribution in [3.05, 3.63) is 51.5 Å². The number of fused-ring (bicyclic) bond motifs is 2. The zero-order valence-corrected chi connectivity index (χ0v) is 14.4. The van der Waals surface area contributed by atoms with E-state index in [2.05, 4.69) is 24.8 Å². The predicted molar refractivity (Wildman–Crippen MR) is 92.2 cm³/mol. The second kappa shape index (κ2) is 6.03. The Balaban J connectivity index is 1.63.